The van der Waals surface area contributed by atoms with E-state index in [1.165, 1.54) is 18.4 Å². The summed E-state index contributed by atoms with van der Waals surface area (Å²) in [4.78, 5) is 31.7. The van der Waals surface area contributed by atoms with Crippen molar-refractivity contribution in [3.8, 4) is 11.5 Å². The van der Waals surface area contributed by atoms with Crippen LogP contribution in [0.15, 0.2) is 58.3 Å². The highest BCUT2D eigenvalue weighted by Crippen LogP contribution is 2.47. The Balaban J connectivity index is 1.67. The van der Waals surface area contributed by atoms with Crippen molar-refractivity contribution in [1.82, 2.24) is 4.57 Å². The Morgan fingerprint density at radius 3 is 2.64 bits per heavy atom. The van der Waals surface area contributed by atoms with Crippen LogP contribution in [0.4, 0.5) is 0 Å². The molecule has 2 aliphatic heterocycles. The summed E-state index contributed by atoms with van der Waals surface area (Å²) < 4.78 is 19.1. The molecule has 0 saturated heterocycles. The van der Waals surface area contributed by atoms with Crippen molar-refractivity contribution in [2.75, 3.05) is 7.11 Å². The van der Waals surface area contributed by atoms with Gasteiger partial charge in [0.05, 0.1) is 23.8 Å². The van der Waals surface area contributed by atoms with Crippen LogP contribution in [0.3, 0.4) is 0 Å². The smallest absolute Gasteiger partial charge is 0.317 e. The molecule has 33 heavy (non-hydrogen) atoms. The number of rotatable bonds is 4. The lowest BCUT2D eigenvalue weighted by Crippen LogP contribution is -2.58. The van der Waals surface area contributed by atoms with Crippen LogP contribution in [0.1, 0.15) is 37.9 Å². The molecule has 2 aromatic carbocycles. The maximum Gasteiger partial charge on any atom is 0.317 e. The highest BCUT2D eigenvalue weighted by Gasteiger charge is 2.55. The highest BCUT2D eigenvalue weighted by molar-refractivity contribution is 7.07. The molecule has 7 nitrogen and oxygen atoms in total. The van der Waals surface area contributed by atoms with Gasteiger partial charge in [-0.2, -0.15) is 0 Å². The van der Waals surface area contributed by atoms with E-state index in [0.29, 0.717) is 15.1 Å². The van der Waals surface area contributed by atoms with E-state index < -0.39 is 23.7 Å². The van der Waals surface area contributed by atoms with Crippen molar-refractivity contribution < 1.29 is 19.0 Å². The molecule has 0 aliphatic carbocycles. The minimum absolute atomic E-state index is 0.0867. The number of ether oxygens (including phenoxy) is 3. The molecular weight excluding hydrogens is 440 g/mol. The molecule has 2 bridgehead atoms. The zero-order valence-corrected chi connectivity index (χ0v) is 19.6. The average Bonchev–Trinajstić information content (AvgIpc) is 3.07. The van der Waals surface area contributed by atoms with Crippen LogP contribution in [-0.4, -0.2) is 29.5 Å². The first-order valence-electron chi connectivity index (χ1n) is 10.8. The molecule has 0 spiro atoms. The van der Waals surface area contributed by atoms with Gasteiger partial charge in [-0.15, -0.1) is 0 Å². The largest absolute Gasteiger partial charge is 0.491 e. The van der Waals surface area contributed by atoms with E-state index in [9.17, 15) is 9.59 Å². The summed E-state index contributed by atoms with van der Waals surface area (Å²) in [5.41, 5.74) is 0.274. The van der Waals surface area contributed by atoms with E-state index in [-0.39, 0.29) is 11.7 Å². The van der Waals surface area contributed by atoms with Gasteiger partial charge >= 0.3 is 5.97 Å². The van der Waals surface area contributed by atoms with Crippen LogP contribution in [0.2, 0.25) is 0 Å². The van der Waals surface area contributed by atoms with Gasteiger partial charge < -0.3 is 14.2 Å². The normalized spacial score (nSPS) is 23.2. The lowest BCUT2D eigenvalue weighted by molar-refractivity contribution is -0.158. The molecule has 0 fully saturated rings. The van der Waals surface area contributed by atoms with Gasteiger partial charge in [0.1, 0.15) is 17.4 Å². The van der Waals surface area contributed by atoms with Crippen LogP contribution >= 0.6 is 11.3 Å². The molecule has 5 rings (SSSR count). The Bertz CT molecular complexity index is 1410. The van der Waals surface area contributed by atoms with Crippen molar-refractivity contribution in [2.45, 2.75) is 38.6 Å². The van der Waals surface area contributed by atoms with Gasteiger partial charge in [0, 0.05) is 5.56 Å². The van der Waals surface area contributed by atoms with E-state index in [4.69, 9.17) is 19.2 Å². The van der Waals surface area contributed by atoms with Crippen molar-refractivity contribution >= 4 is 23.4 Å². The summed E-state index contributed by atoms with van der Waals surface area (Å²) >= 11 is 1.29. The molecule has 3 aromatic rings. The summed E-state index contributed by atoms with van der Waals surface area (Å²) in [6.45, 7) is 5.71. The molecule has 8 heteroatoms. The summed E-state index contributed by atoms with van der Waals surface area (Å²) in [6, 6.07) is 14.5. The molecule has 0 amide bonds. The molecule has 0 N–H and O–H groups in total. The molecule has 170 valence electrons. The number of nitrogens with zero attached hydrogens (tertiary/aromatic N) is 2. The number of aromatic nitrogens is 1. The third-order valence-electron chi connectivity index (χ3n) is 5.88. The second-order valence-corrected chi connectivity index (χ2v) is 9.57. The molecule has 1 aromatic heterocycles. The van der Waals surface area contributed by atoms with E-state index in [2.05, 4.69) is 0 Å². The number of esters is 1. The predicted molar refractivity (Wildman–Crippen MR) is 124 cm³/mol. The average molecular weight is 465 g/mol. The molecule has 0 unspecified atom stereocenters. The molecular formula is C25H24N2O5S. The monoisotopic (exact) mass is 464 g/mol. The predicted octanol–water partition coefficient (Wildman–Crippen LogP) is 2.65. The molecule has 0 saturated carbocycles. The fraction of sp³-hybridized carbons (Fsp3) is 0.320. The Kier molecular flexibility index (Phi) is 5.12. The first kappa shape index (κ1) is 21.5. The first-order valence-corrected chi connectivity index (χ1v) is 11.6. The lowest BCUT2D eigenvalue weighted by Gasteiger charge is -2.44. The van der Waals surface area contributed by atoms with Crippen molar-refractivity contribution in [2.24, 2.45) is 10.9 Å². The Morgan fingerprint density at radius 2 is 1.94 bits per heavy atom. The van der Waals surface area contributed by atoms with Crippen molar-refractivity contribution in [1.29, 1.82) is 0 Å². The Labute approximate surface area is 194 Å². The number of benzene rings is 2. The number of hydrogen-bond acceptors (Lipinski definition) is 7. The maximum absolute atomic E-state index is 13.6. The van der Waals surface area contributed by atoms with Crippen molar-refractivity contribution in [3.05, 3.63) is 79.3 Å². The van der Waals surface area contributed by atoms with Crippen LogP contribution < -0.4 is 24.4 Å². The van der Waals surface area contributed by atoms with Crippen LogP contribution in [0.5, 0.6) is 11.5 Å². The lowest BCUT2D eigenvalue weighted by atomic mass is 9.81. The Morgan fingerprint density at radius 1 is 1.21 bits per heavy atom. The standard InChI is InChI=1S/C25H24N2O5S/c1-14(2)31-16-11-9-15(10-12-16)13-19-22(28)27-21-17-7-5-6-8-18(17)32-25(3,26-24(27)33-19)20(21)23(29)30-4/h5-14,20-21H,1-4H3/b19-13-/t20-,21+,25-/m1/s1. The second kappa shape index (κ2) is 7.88. The minimum Gasteiger partial charge on any atom is -0.491 e. The Hall–Kier alpha value is -3.39. The number of carbonyl (C=O) groups excluding carboxylic acids is 1. The van der Waals surface area contributed by atoms with Gasteiger partial charge in [-0.05, 0) is 50.6 Å². The zero-order valence-electron chi connectivity index (χ0n) is 18.8. The van der Waals surface area contributed by atoms with Gasteiger partial charge in [0.25, 0.3) is 5.56 Å². The third kappa shape index (κ3) is 3.54. The summed E-state index contributed by atoms with van der Waals surface area (Å²) in [6.07, 6.45) is 1.92. The summed E-state index contributed by atoms with van der Waals surface area (Å²) in [5, 5.41) is 0. The van der Waals surface area contributed by atoms with Gasteiger partial charge in [0.15, 0.2) is 4.80 Å². The number of carbonyl (C=O) groups is 1. The number of fused-ring (bicyclic) bond motifs is 6. The summed E-state index contributed by atoms with van der Waals surface area (Å²) in [5.74, 6) is 0.146. The topological polar surface area (TPSA) is 79.1 Å². The fourth-order valence-corrected chi connectivity index (χ4v) is 5.60. The third-order valence-corrected chi connectivity index (χ3v) is 6.87. The van der Waals surface area contributed by atoms with Gasteiger partial charge in [-0.3, -0.25) is 14.2 Å². The number of para-hydroxylation sites is 1. The zero-order chi connectivity index (χ0) is 23.3. The van der Waals surface area contributed by atoms with E-state index in [1.54, 1.807) is 11.5 Å². The highest BCUT2D eigenvalue weighted by atomic mass is 32.1. The maximum atomic E-state index is 13.6. The fourth-order valence-electron chi connectivity index (χ4n) is 4.50. The van der Waals surface area contributed by atoms with E-state index in [0.717, 1.165) is 16.9 Å². The minimum atomic E-state index is -1.17. The van der Waals surface area contributed by atoms with Gasteiger partial charge in [0.2, 0.25) is 5.72 Å². The van der Waals surface area contributed by atoms with Crippen LogP contribution in [-0.2, 0) is 9.53 Å². The molecule has 2 aliphatic rings. The number of methoxy groups -OCH3 is 1. The second-order valence-electron chi connectivity index (χ2n) is 8.56. The summed E-state index contributed by atoms with van der Waals surface area (Å²) in [7, 11) is 1.34. The van der Waals surface area contributed by atoms with Crippen LogP contribution in [0.25, 0.3) is 6.08 Å². The van der Waals surface area contributed by atoms with Gasteiger partial charge in [-0.1, -0.05) is 41.7 Å². The quantitative estimate of drug-likeness (QED) is 0.555. The van der Waals surface area contributed by atoms with Gasteiger partial charge in [-0.25, -0.2) is 4.99 Å². The first-order chi connectivity index (χ1) is 15.8. The van der Waals surface area contributed by atoms with Crippen molar-refractivity contribution in [3.63, 3.8) is 0 Å². The SMILES string of the molecule is COC(=O)[C@H]1[C@@H]2c3ccccc3O[C@@]1(C)N=c1s/c(=C\c3ccc(OC(C)C)cc3)c(=O)n12. The van der Waals surface area contributed by atoms with Crippen LogP contribution in [0, 0.1) is 5.92 Å². The van der Waals surface area contributed by atoms with E-state index in [1.807, 2.05) is 68.5 Å². The number of thiazole rings is 1. The van der Waals surface area contributed by atoms with E-state index >= 15 is 0 Å². The molecule has 3 atom stereocenters. The molecule has 0 radical (unpaired) electrons. The number of hydrogen-bond donors (Lipinski definition) is 0. The molecule has 3 heterocycles.